The first-order valence-corrected chi connectivity index (χ1v) is 10.1. The van der Waals surface area contributed by atoms with Gasteiger partial charge in [0, 0.05) is 38.6 Å². The SMILES string of the molecule is CNC(=O)N1CCC[C@@H](N(C(=O)NCc2cn3cc(Cl)ccc3n2)C2CC2)C1. The first kappa shape index (κ1) is 18.9. The van der Waals surface area contributed by atoms with Crippen LogP contribution in [0.15, 0.2) is 24.5 Å². The number of piperidine rings is 1. The van der Waals surface area contributed by atoms with Crippen LogP contribution in [0.2, 0.25) is 5.02 Å². The molecule has 9 heteroatoms. The number of carbonyl (C=O) groups excluding carboxylic acids is 2. The van der Waals surface area contributed by atoms with Gasteiger partial charge in [0.15, 0.2) is 0 Å². The van der Waals surface area contributed by atoms with Crippen LogP contribution in [0, 0.1) is 0 Å². The Bertz CT molecular complexity index is 880. The van der Waals surface area contributed by atoms with Crippen LogP contribution < -0.4 is 10.6 Å². The molecule has 2 aromatic rings. The van der Waals surface area contributed by atoms with Gasteiger partial charge in [-0.3, -0.25) is 0 Å². The van der Waals surface area contributed by atoms with E-state index in [9.17, 15) is 9.59 Å². The van der Waals surface area contributed by atoms with Gasteiger partial charge in [-0.1, -0.05) is 11.6 Å². The third-order valence-corrected chi connectivity index (χ3v) is 5.57. The zero-order valence-electron chi connectivity index (χ0n) is 15.9. The summed E-state index contributed by atoms with van der Waals surface area (Å²) in [6.45, 7) is 1.67. The molecule has 2 N–H and O–H groups in total. The number of nitrogens with one attached hydrogen (secondary N) is 2. The lowest BCUT2D eigenvalue weighted by atomic mass is 10.0. The molecule has 150 valence electrons. The van der Waals surface area contributed by atoms with E-state index in [1.54, 1.807) is 24.2 Å². The number of imidazole rings is 1. The summed E-state index contributed by atoms with van der Waals surface area (Å²) < 4.78 is 1.85. The molecule has 3 heterocycles. The van der Waals surface area contributed by atoms with Crippen molar-refractivity contribution in [2.45, 2.75) is 44.3 Å². The predicted molar refractivity (Wildman–Crippen MR) is 106 cm³/mol. The molecule has 28 heavy (non-hydrogen) atoms. The van der Waals surface area contributed by atoms with Crippen LogP contribution in [0.1, 0.15) is 31.4 Å². The topological polar surface area (TPSA) is 82.0 Å². The monoisotopic (exact) mass is 404 g/mol. The van der Waals surface area contributed by atoms with Gasteiger partial charge in [-0.25, -0.2) is 14.6 Å². The van der Waals surface area contributed by atoms with Gasteiger partial charge in [0.2, 0.25) is 0 Å². The molecule has 1 saturated carbocycles. The molecule has 0 radical (unpaired) electrons. The largest absolute Gasteiger partial charge is 0.341 e. The number of fused-ring (bicyclic) bond motifs is 1. The van der Waals surface area contributed by atoms with E-state index in [1.807, 2.05) is 21.6 Å². The Labute approximate surface area is 168 Å². The molecule has 0 unspecified atom stereocenters. The quantitative estimate of drug-likeness (QED) is 0.821. The lowest BCUT2D eigenvalue weighted by Crippen LogP contribution is -2.56. The average Bonchev–Trinajstić information content (AvgIpc) is 3.44. The lowest BCUT2D eigenvalue weighted by molar-refractivity contribution is 0.116. The number of hydrogen-bond acceptors (Lipinski definition) is 3. The smallest absolute Gasteiger partial charge is 0.318 e. The van der Waals surface area contributed by atoms with Gasteiger partial charge < -0.3 is 24.8 Å². The van der Waals surface area contributed by atoms with Crippen molar-refractivity contribution in [2.75, 3.05) is 20.1 Å². The molecule has 8 nitrogen and oxygen atoms in total. The molecule has 2 aromatic heterocycles. The molecule has 1 aliphatic heterocycles. The Morgan fingerprint density at radius 3 is 2.82 bits per heavy atom. The van der Waals surface area contributed by atoms with Gasteiger partial charge in [0.1, 0.15) is 5.65 Å². The fraction of sp³-hybridized carbons (Fsp3) is 0.526. The fourth-order valence-corrected chi connectivity index (χ4v) is 4.03. The summed E-state index contributed by atoms with van der Waals surface area (Å²) in [5.74, 6) is 0. The minimum absolute atomic E-state index is 0.0541. The molecule has 4 amide bonds. The number of nitrogens with zero attached hydrogens (tertiary/aromatic N) is 4. The maximum atomic E-state index is 13.0. The molecule has 2 fully saturated rings. The fourth-order valence-electron chi connectivity index (χ4n) is 3.87. The Morgan fingerprint density at radius 1 is 1.25 bits per heavy atom. The van der Waals surface area contributed by atoms with Crippen LogP contribution in [-0.2, 0) is 6.54 Å². The van der Waals surface area contributed by atoms with Crippen LogP contribution in [0.3, 0.4) is 0 Å². The molecule has 0 aromatic carbocycles. The van der Waals surface area contributed by atoms with E-state index in [1.165, 1.54) is 0 Å². The highest BCUT2D eigenvalue weighted by Crippen LogP contribution is 2.31. The second-order valence-corrected chi connectivity index (χ2v) is 7.88. The molecule has 0 spiro atoms. The number of likely N-dealkylation sites (tertiary alicyclic amines) is 1. The van der Waals surface area contributed by atoms with Crippen molar-refractivity contribution in [3.63, 3.8) is 0 Å². The van der Waals surface area contributed by atoms with Gasteiger partial charge in [-0.2, -0.15) is 0 Å². The van der Waals surface area contributed by atoms with Gasteiger partial charge >= 0.3 is 12.1 Å². The molecule has 1 aliphatic carbocycles. The molecule has 0 bridgehead atoms. The number of halogens is 1. The van der Waals surface area contributed by atoms with Crippen molar-refractivity contribution in [3.8, 4) is 0 Å². The molecule has 4 rings (SSSR count). The predicted octanol–water partition coefficient (Wildman–Crippen LogP) is 2.47. The summed E-state index contributed by atoms with van der Waals surface area (Å²) in [4.78, 5) is 33.2. The van der Waals surface area contributed by atoms with E-state index in [2.05, 4.69) is 15.6 Å². The molecular formula is C19H25ClN6O2. The Balaban J connectivity index is 1.41. The van der Waals surface area contributed by atoms with Gasteiger partial charge in [0.25, 0.3) is 0 Å². The van der Waals surface area contributed by atoms with Gasteiger partial charge in [0.05, 0.1) is 23.3 Å². The van der Waals surface area contributed by atoms with Gasteiger partial charge in [-0.15, -0.1) is 0 Å². The van der Waals surface area contributed by atoms with Crippen molar-refractivity contribution in [2.24, 2.45) is 0 Å². The summed E-state index contributed by atoms with van der Waals surface area (Å²) in [6, 6.07) is 3.81. The van der Waals surface area contributed by atoms with Crippen molar-refractivity contribution in [3.05, 3.63) is 35.2 Å². The van der Waals surface area contributed by atoms with E-state index in [0.29, 0.717) is 18.1 Å². The Kier molecular flexibility index (Phi) is 5.30. The average molecular weight is 405 g/mol. The first-order valence-electron chi connectivity index (χ1n) is 9.71. The second-order valence-electron chi connectivity index (χ2n) is 7.44. The highest BCUT2D eigenvalue weighted by molar-refractivity contribution is 6.30. The van der Waals surface area contributed by atoms with E-state index >= 15 is 0 Å². The molecular weight excluding hydrogens is 380 g/mol. The zero-order valence-corrected chi connectivity index (χ0v) is 16.7. The molecule has 1 saturated heterocycles. The van der Waals surface area contributed by atoms with Gasteiger partial charge in [-0.05, 0) is 37.8 Å². The molecule has 1 atom stereocenters. The van der Waals surface area contributed by atoms with Crippen LogP contribution >= 0.6 is 11.6 Å². The molecule has 2 aliphatic rings. The highest BCUT2D eigenvalue weighted by Gasteiger charge is 2.39. The Hall–Kier alpha value is -2.48. The highest BCUT2D eigenvalue weighted by atomic mass is 35.5. The summed E-state index contributed by atoms with van der Waals surface area (Å²) in [7, 11) is 1.64. The van der Waals surface area contributed by atoms with Crippen molar-refractivity contribution in [1.29, 1.82) is 0 Å². The van der Waals surface area contributed by atoms with Crippen molar-refractivity contribution < 1.29 is 9.59 Å². The first-order chi connectivity index (χ1) is 13.5. The van der Waals surface area contributed by atoms with E-state index in [-0.39, 0.29) is 24.1 Å². The summed E-state index contributed by atoms with van der Waals surface area (Å²) in [6.07, 6.45) is 7.54. The standard InChI is InChI=1S/C19H25ClN6O2/c1-21-18(27)24-8-2-3-16(12-24)26(15-5-6-15)19(28)22-9-14-11-25-10-13(20)4-7-17(25)23-14/h4,7,10-11,15-16H,2-3,5-6,8-9,12H2,1H3,(H,21,27)(H,22,28)/t16-/m1/s1. The number of amides is 4. The number of carbonyl (C=O) groups is 2. The lowest BCUT2D eigenvalue weighted by Gasteiger charge is -2.39. The van der Waals surface area contributed by atoms with E-state index in [0.717, 1.165) is 43.6 Å². The van der Waals surface area contributed by atoms with Crippen molar-refractivity contribution >= 4 is 29.3 Å². The van der Waals surface area contributed by atoms with Crippen LogP contribution in [0.25, 0.3) is 5.65 Å². The van der Waals surface area contributed by atoms with E-state index in [4.69, 9.17) is 11.6 Å². The third-order valence-electron chi connectivity index (χ3n) is 5.35. The Morgan fingerprint density at radius 2 is 2.07 bits per heavy atom. The maximum Gasteiger partial charge on any atom is 0.318 e. The minimum atomic E-state index is -0.0821. The summed E-state index contributed by atoms with van der Waals surface area (Å²) in [5.41, 5.74) is 1.57. The number of rotatable bonds is 4. The van der Waals surface area contributed by atoms with Crippen LogP contribution in [0.4, 0.5) is 9.59 Å². The summed E-state index contributed by atoms with van der Waals surface area (Å²) in [5, 5.41) is 6.33. The van der Waals surface area contributed by atoms with Crippen molar-refractivity contribution in [1.82, 2.24) is 29.8 Å². The number of aromatic nitrogens is 2. The number of hydrogen-bond donors (Lipinski definition) is 2. The van der Waals surface area contributed by atoms with Crippen LogP contribution in [-0.4, -0.2) is 63.5 Å². The van der Waals surface area contributed by atoms with Crippen LogP contribution in [0.5, 0.6) is 0 Å². The normalized spacial score (nSPS) is 19.5. The second kappa shape index (κ2) is 7.87. The van der Waals surface area contributed by atoms with E-state index < -0.39 is 0 Å². The zero-order chi connectivity index (χ0) is 19.7. The third kappa shape index (κ3) is 4.01. The maximum absolute atomic E-state index is 13.0. The summed E-state index contributed by atoms with van der Waals surface area (Å²) >= 11 is 6.01. The number of pyridine rings is 1. The minimum Gasteiger partial charge on any atom is -0.341 e. The number of urea groups is 2.